The number of sulfonamides is 1. The van der Waals surface area contributed by atoms with Crippen molar-refractivity contribution in [2.24, 2.45) is 4.99 Å². The number of hydrogen-bond acceptors (Lipinski definition) is 5. The molecule has 1 aliphatic heterocycles. The van der Waals surface area contributed by atoms with Crippen molar-refractivity contribution in [2.45, 2.75) is 12.8 Å². The van der Waals surface area contributed by atoms with Crippen LogP contribution in [0.4, 0.5) is 17.1 Å². The van der Waals surface area contributed by atoms with Crippen LogP contribution in [-0.4, -0.2) is 45.9 Å². The Morgan fingerprint density at radius 2 is 1.80 bits per heavy atom. The largest absolute Gasteiger partial charge is 0.325 e. The monoisotopic (exact) mass is 510 g/mol. The first-order chi connectivity index (χ1) is 16.8. The zero-order valence-corrected chi connectivity index (χ0v) is 21.1. The van der Waals surface area contributed by atoms with Crippen LogP contribution in [0.2, 0.25) is 5.02 Å². The number of carbonyl (C=O) groups excluding carboxylic acids is 1. The predicted octanol–water partition coefficient (Wildman–Crippen LogP) is 4.57. The minimum Gasteiger partial charge on any atom is -0.325 e. The third-order valence-electron chi connectivity index (χ3n) is 5.72. The van der Waals surface area contributed by atoms with E-state index in [0.717, 1.165) is 17.7 Å². The van der Waals surface area contributed by atoms with E-state index in [2.05, 4.69) is 10.6 Å². The summed E-state index contributed by atoms with van der Waals surface area (Å²) in [5, 5.41) is 6.60. The molecule has 0 saturated heterocycles. The number of rotatable bonds is 9. The van der Waals surface area contributed by atoms with Crippen LogP contribution in [0.15, 0.2) is 77.8 Å². The number of halogens is 1. The molecule has 0 fully saturated rings. The maximum Gasteiger partial charge on any atom is 0.238 e. The molecule has 1 unspecified atom stereocenters. The number of aliphatic imine (C=N–C) groups is 1. The fraction of sp³-hybridized carbons (Fsp3) is 0.231. The molecule has 0 aromatic heterocycles. The van der Waals surface area contributed by atoms with Crippen molar-refractivity contribution in [2.75, 3.05) is 35.5 Å². The topological polar surface area (TPSA) is 90.9 Å². The Balaban J connectivity index is 1.72. The van der Waals surface area contributed by atoms with Crippen LogP contribution in [-0.2, 0) is 14.8 Å². The van der Waals surface area contributed by atoms with Crippen molar-refractivity contribution in [3.63, 3.8) is 0 Å². The van der Waals surface area contributed by atoms with Crippen LogP contribution >= 0.6 is 11.6 Å². The fourth-order valence-electron chi connectivity index (χ4n) is 4.09. The molecule has 7 nitrogen and oxygen atoms in total. The van der Waals surface area contributed by atoms with Crippen molar-refractivity contribution in [1.82, 2.24) is 5.32 Å². The fourth-order valence-corrected chi connectivity index (χ4v) is 5.19. The molecule has 0 saturated carbocycles. The van der Waals surface area contributed by atoms with Gasteiger partial charge in [0.05, 0.1) is 23.3 Å². The second-order valence-electron chi connectivity index (χ2n) is 8.22. The van der Waals surface area contributed by atoms with Crippen LogP contribution in [0.1, 0.15) is 24.0 Å². The van der Waals surface area contributed by atoms with Gasteiger partial charge in [0, 0.05) is 23.8 Å². The van der Waals surface area contributed by atoms with Gasteiger partial charge >= 0.3 is 0 Å². The second kappa shape index (κ2) is 10.6. The molecule has 1 aliphatic rings. The molecule has 3 aromatic carbocycles. The number of nitrogens with zero attached hydrogens (tertiary/aromatic N) is 2. The molecule has 0 aliphatic carbocycles. The first kappa shape index (κ1) is 24.9. The standard InChI is InChI=1S/C26H27ClN4O3S/c1-3-28-15-16-31(35(2,33)34)21-12-10-20(11-13-21)29-25(18-7-5-4-6-8-18)24-22-14-9-19(27)17-23(22)30-26(24)32/h4-14,17,24,28H,3,15-16H2,1-2H3,(H,30,32). The van der Waals surface area contributed by atoms with Gasteiger partial charge in [-0.3, -0.25) is 14.1 Å². The highest BCUT2D eigenvalue weighted by atomic mass is 35.5. The highest BCUT2D eigenvalue weighted by Gasteiger charge is 2.35. The minimum atomic E-state index is -3.44. The van der Waals surface area contributed by atoms with Gasteiger partial charge in [-0.1, -0.05) is 54.9 Å². The van der Waals surface area contributed by atoms with Crippen molar-refractivity contribution in [3.05, 3.63) is 88.9 Å². The van der Waals surface area contributed by atoms with Crippen LogP contribution in [0.5, 0.6) is 0 Å². The maximum atomic E-state index is 13.0. The first-order valence-corrected chi connectivity index (χ1v) is 13.5. The summed E-state index contributed by atoms with van der Waals surface area (Å²) < 4.78 is 26.0. The average molecular weight is 511 g/mol. The number of anilines is 2. The number of amides is 1. The van der Waals surface area contributed by atoms with Gasteiger partial charge in [0.15, 0.2) is 0 Å². The minimum absolute atomic E-state index is 0.173. The summed E-state index contributed by atoms with van der Waals surface area (Å²) in [6.07, 6.45) is 1.20. The molecule has 1 atom stereocenters. The van der Waals surface area contributed by atoms with Crippen molar-refractivity contribution >= 4 is 50.3 Å². The number of hydrogen-bond donors (Lipinski definition) is 2. The lowest BCUT2D eigenvalue weighted by molar-refractivity contribution is -0.115. The highest BCUT2D eigenvalue weighted by Crippen LogP contribution is 2.37. The Morgan fingerprint density at radius 3 is 2.46 bits per heavy atom. The third-order valence-corrected chi connectivity index (χ3v) is 7.15. The molecular weight excluding hydrogens is 484 g/mol. The molecule has 1 amide bonds. The van der Waals surface area contributed by atoms with Crippen LogP contribution in [0, 0.1) is 0 Å². The smallest absolute Gasteiger partial charge is 0.238 e. The van der Waals surface area contributed by atoms with E-state index in [9.17, 15) is 13.2 Å². The molecular formula is C26H27ClN4O3S. The Morgan fingerprint density at radius 1 is 1.09 bits per heavy atom. The molecule has 0 spiro atoms. The van der Waals surface area contributed by atoms with Gasteiger partial charge in [0.2, 0.25) is 15.9 Å². The van der Waals surface area contributed by atoms with Gasteiger partial charge in [0.1, 0.15) is 5.92 Å². The molecule has 2 N–H and O–H groups in total. The Labute approximate surface area is 210 Å². The highest BCUT2D eigenvalue weighted by molar-refractivity contribution is 7.92. The van der Waals surface area contributed by atoms with Crippen LogP contribution in [0.25, 0.3) is 0 Å². The van der Waals surface area contributed by atoms with Gasteiger partial charge in [-0.05, 0) is 54.1 Å². The first-order valence-electron chi connectivity index (χ1n) is 11.3. The Kier molecular flexibility index (Phi) is 7.54. The lowest BCUT2D eigenvalue weighted by atomic mass is 9.90. The molecule has 1 heterocycles. The summed E-state index contributed by atoms with van der Waals surface area (Å²) in [5.74, 6) is -0.773. The van der Waals surface area contributed by atoms with Gasteiger partial charge < -0.3 is 10.6 Å². The SMILES string of the molecule is CCNCCN(c1ccc(N=C(c2ccccc2)C2C(=O)Nc3cc(Cl)ccc32)cc1)S(C)(=O)=O. The predicted molar refractivity (Wildman–Crippen MR) is 143 cm³/mol. The molecule has 9 heteroatoms. The van der Waals surface area contributed by atoms with E-state index in [1.807, 2.05) is 43.3 Å². The molecule has 3 aromatic rings. The van der Waals surface area contributed by atoms with E-state index in [1.165, 1.54) is 10.6 Å². The van der Waals surface area contributed by atoms with Crippen molar-refractivity contribution < 1.29 is 13.2 Å². The van der Waals surface area contributed by atoms with E-state index >= 15 is 0 Å². The number of likely N-dealkylation sites (N-methyl/N-ethyl adjacent to an activating group) is 1. The van der Waals surface area contributed by atoms with Gasteiger partial charge in [-0.15, -0.1) is 0 Å². The molecule has 0 bridgehead atoms. The normalized spacial score (nSPS) is 15.6. The van der Waals surface area contributed by atoms with Crippen LogP contribution < -0.4 is 14.9 Å². The lowest BCUT2D eigenvalue weighted by Gasteiger charge is -2.22. The van der Waals surface area contributed by atoms with E-state index in [4.69, 9.17) is 16.6 Å². The van der Waals surface area contributed by atoms with Gasteiger partial charge in [-0.25, -0.2) is 8.42 Å². The maximum absolute atomic E-state index is 13.0. The van der Waals surface area contributed by atoms with Crippen LogP contribution in [0.3, 0.4) is 0 Å². The number of nitrogens with one attached hydrogen (secondary N) is 2. The van der Waals surface area contributed by atoms with E-state index in [0.29, 0.717) is 40.9 Å². The molecule has 4 rings (SSSR count). The number of benzene rings is 3. The summed E-state index contributed by atoms with van der Waals surface area (Å²) >= 11 is 6.13. The lowest BCUT2D eigenvalue weighted by Crippen LogP contribution is -2.36. The second-order valence-corrected chi connectivity index (χ2v) is 10.6. The van der Waals surface area contributed by atoms with E-state index in [-0.39, 0.29) is 5.91 Å². The summed E-state index contributed by atoms with van der Waals surface area (Å²) in [6, 6.07) is 21.9. The number of fused-ring (bicyclic) bond motifs is 1. The Hall–Kier alpha value is -3.20. The quantitative estimate of drug-likeness (QED) is 0.326. The van der Waals surface area contributed by atoms with Crippen molar-refractivity contribution in [3.8, 4) is 0 Å². The molecule has 35 heavy (non-hydrogen) atoms. The summed E-state index contributed by atoms with van der Waals surface area (Å²) in [7, 11) is -3.44. The zero-order chi connectivity index (χ0) is 25.0. The molecule has 0 radical (unpaired) electrons. The van der Waals surface area contributed by atoms with Gasteiger partial charge in [-0.2, -0.15) is 0 Å². The zero-order valence-electron chi connectivity index (χ0n) is 19.5. The number of carbonyl (C=O) groups is 1. The van der Waals surface area contributed by atoms with E-state index < -0.39 is 15.9 Å². The summed E-state index contributed by atoms with van der Waals surface area (Å²) in [6.45, 7) is 3.60. The van der Waals surface area contributed by atoms with Gasteiger partial charge in [0.25, 0.3) is 0 Å². The average Bonchev–Trinajstić information content (AvgIpc) is 3.15. The Bertz CT molecular complexity index is 1340. The van der Waals surface area contributed by atoms with E-state index in [1.54, 1.807) is 36.4 Å². The molecule has 182 valence electrons. The third kappa shape index (κ3) is 5.73. The summed E-state index contributed by atoms with van der Waals surface area (Å²) in [4.78, 5) is 17.9. The van der Waals surface area contributed by atoms with Crippen molar-refractivity contribution in [1.29, 1.82) is 0 Å². The summed E-state index contributed by atoms with van der Waals surface area (Å²) in [5.41, 5.74) is 4.08.